The predicted molar refractivity (Wildman–Crippen MR) is 69.4 cm³/mol. The number of rotatable bonds is 2. The summed E-state index contributed by atoms with van der Waals surface area (Å²) in [5.41, 5.74) is 6.65. The van der Waals surface area contributed by atoms with Gasteiger partial charge >= 0.3 is 6.18 Å². The van der Waals surface area contributed by atoms with Crippen LogP contribution in [0.25, 0.3) is 0 Å². The molecule has 0 bridgehead atoms. The Labute approximate surface area is 116 Å². The monoisotopic (exact) mass is 330 g/mol. The molecule has 0 aliphatic heterocycles. The summed E-state index contributed by atoms with van der Waals surface area (Å²) in [5, 5.41) is 0. The summed E-state index contributed by atoms with van der Waals surface area (Å²) in [6.45, 7) is 0. The van der Waals surface area contributed by atoms with Crippen LogP contribution in [-0.4, -0.2) is 4.98 Å². The van der Waals surface area contributed by atoms with E-state index in [0.29, 0.717) is 5.56 Å². The summed E-state index contributed by atoms with van der Waals surface area (Å²) in [6.07, 6.45) is -1.13. The van der Waals surface area contributed by atoms with Crippen LogP contribution >= 0.6 is 15.9 Å². The first kappa shape index (κ1) is 14.0. The molecule has 2 nitrogen and oxygen atoms in total. The number of benzene rings is 1. The van der Waals surface area contributed by atoms with Crippen molar-refractivity contribution in [2.45, 2.75) is 12.2 Å². The second-order valence-electron chi connectivity index (χ2n) is 4.03. The molecule has 6 heteroatoms. The molecule has 1 heterocycles. The third-order valence-electron chi connectivity index (χ3n) is 2.68. The minimum atomic E-state index is -4.33. The van der Waals surface area contributed by atoms with Gasteiger partial charge in [0.05, 0.1) is 11.6 Å². The molecule has 0 amide bonds. The van der Waals surface area contributed by atoms with Crippen molar-refractivity contribution in [1.29, 1.82) is 0 Å². The van der Waals surface area contributed by atoms with E-state index in [1.54, 1.807) is 18.5 Å². The highest BCUT2D eigenvalue weighted by Crippen LogP contribution is 2.30. The third-order valence-corrected chi connectivity index (χ3v) is 3.12. The molecule has 2 N–H and O–H groups in total. The van der Waals surface area contributed by atoms with Crippen molar-refractivity contribution in [3.8, 4) is 0 Å². The maximum Gasteiger partial charge on any atom is 0.416 e. The minimum Gasteiger partial charge on any atom is -0.320 e. The zero-order chi connectivity index (χ0) is 14.0. The molecule has 1 aromatic heterocycles. The van der Waals surface area contributed by atoms with Gasteiger partial charge < -0.3 is 5.73 Å². The standard InChI is InChI=1S/C13H10BrF3N2/c14-11-5-9(6-19-7-11)12(18)8-1-3-10(4-2-8)13(15,16)17/h1-7,12H,18H2. The quantitative estimate of drug-likeness (QED) is 0.906. The maximum absolute atomic E-state index is 12.4. The Kier molecular flexibility index (Phi) is 3.91. The minimum absolute atomic E-state index is 0.507. The number of nitrogens with two attached hydrogens (primary N) is 1. The Balaban J connectivity index is 2.27. The molecule has 1 aromatic carbocycles. The van der Waals surface area contributed by atoms with Gasteiger partial charge in [0.1, 0.15) is 0 Å². The molecule has 0 spiro atoms. The lowest BCUT2D eigenvalue weighted by molar-refractivity contribution is -0.137. The lowest BCUT2D eigenvalue weighted by atomic mass is 10.00. The molecular weight excluding hydrogens is 321 g/mol. The lowest BCUT2D eigenvalue weighted by Crippen LogP contribution is -2.13. The van der Waals surface area contributed by atoms with Crippen LogP contribution in [0.1, 0.15) is 22.7 Å². The summed E-state index contributed by atoms with van der Waals surface area (Å²) < 4.78 is 38.1. The van der Waals surface area contributed by atoms with Crippen molar-refractivity contribution < 1.29 is 13.2 Å². The molecule has 0 saturated heterocycles. The van der Waals surface area contributed by atoms with Crippen molar-refractivity contribution in [2.24, 2.45) is 5.73 Å². The Bertz CT molecular complexity index is 567. The lowest BCUT2D eigenvalue weighted by Gasteiger charge is -2.14. The summed E-state index contributed by atoms with van der Waals surface area (Å²) >= 11 is 3.27. The smallest absolute Gasteiger partial charge is 0.320 e. The molecule has 100 valence electrons. The van der Waals surface area contributed by atoms with Crippen molar-refractivity contribution in [3.05, 3.63) is 63.9 Å². The number of pyridine rings is 1. The van der Waals surface area contributed by atoms with Crippen LogP contribution in [0.15, 0.2) is 47.2 Å². The van der Waals surface area contributed by atoms with Crippen LogP contribution in [0.5, 0.6) is 0 Å². The second-order valence-corrected chi connectivity index (χ2v) is 4.95. The van der Waals surface area contributed by atoms with Gasteiger partial charge in [0.15, 0.2) is 0 Å². The Morgan fingerprint density at radius 3 is 2.21 bits per heavy atom. The fourth-order valence-electron chi connectivity index (χ4n) is 1.67. The van der Waals surface area contributed by atoms with Gasteiger partial charge in [-0.05, 0) is 45.3 Å². The molecule has 2 rings (SSSR count). The SMILES string of the molecule is NC(c1ccc(C(F)(F)F)cc1)c1cncc(Br)c1. The first-order valence-corrected chi connectivity index (χ1v) is 6.20. The first-order chi connectivity index (χ1) is 8.88. The molecular formula is C13H10BrF3N2. The first-order valence-electron chi connectivity index (χ1n) is 5.41. The summed E-state index contributed by atoms with van der Waals surface area (Å²) in [6, 6.07) is 6.10. The zero-order valence-corrected chi connectivity index (χ0v) is 11.2. The largest absolute Gasteiger partial charge is 0.416 e. The van der Waals surface area contributed by atoms with E-state index in [2.05, 4.69) is 20.9 Å². The number of hydrogen-bond acceptors (Lipinski definition) is 2. The predicted octanol–water partition coefficient (Wildman–Crippen LogP) is 3.91. The van der Waals surface area contributed by atoms with Gasteiger partial charge in [-0.3, -0.25) is 4.98 Å². The number of nitrogens with zero attached hydrogens (tertiary/aromatic N) is 1. The van der Waals surface area contributed by atoms with Crippen LogP contribution < -0.4 is 5.73 Å². The Hall–Kier alpha value is -1.40. The summed E-state index contributed by atoms with van der Waals surface area (Å²) in [5.74, 6) is 0. The van der Waals surface area contributed by atoms with E-state index in [1.807, 2.05) is 0 Å². The van der Waals surface area contributed by atoms with Gasteiger partial charge in [0, 0.05) is 16.9 Å². The molecule has 0 fully saturated rings. The van der Waals surface area contributed by atoms with E-state index in [9.17, 15) is 13.2 Å². The van der Waals surface area contributed by atoms with Gasteiger partial charge in [-0.2, -0.15) is 13.2 Å². The van der Waals surface area contributed by atoms with Crippen LogP contribution in [0.3, 0.4) is 0 Å². The van der Waals surface area contributed by atoms with Gasteiger partial charge in [-0.25, -0.2) is 0 Å². The molecule has 0 saturated carbocycles. The van der Waals surface area contributed by atoms with E-state index < -0.39 is 17.8 Å². The van der Waals surface area contributed by atoms with Gasteiger partial charge in [-0.1, -0.05) is 12.1 Å². The fourth-order valence-corrected chi connectivity index (χ4v) is 2.05. The van der Waals surface area contributed by atoms with E-state index in [-0.39, 0.29) is 0 Å². The van der Waals surface area contributed by atoms with Crippen LogP contribution in [0.4, 0.5) is 13.2 Å². The van der Waals surface area contributed by atoms with Gasteiger partial charge in [0.2, 0.25) is 0 Å². The molecule has 19 heavy (non-hydrogen) atoms. The molecule has 1 atom stereocenters. The summed E-state index contributed by atoms with van der Waals surface area (Å²) in [7, 11) is 0. The molecule has 0 radical (unpaired) electrons. The second kappa shape index (κ2) is 5.30. The molecule has 2 aromatic rings. The number of aromatic nitrogens is 1. The Morgan fingerprint density at radius 1 is 1.05 bits per heavy atom. The van der Waals surface area contributed by atoms with Crippen molar-refractivity contribution in [1.82, 2.24) is 4.98 Å². The maximum atomic E-state index is 12.4. The fraction of sp³-hybridized carbons (Fsp3) is 0.154. The van der Waals surface area contributed by atoms with Gasteiger partial charge in [-0.15, -0.1) is 0 Å². The third kappa shape index (κ3) is 3.33. The average molecular weight is 331 g/mol. The van der Waals surface area contributed by atoms with Crippen LogP contribution in [-0.2, 0) is 6.18 Å². The highest BCUT2D eigenvalue weighted by atomic mass is 79.9. The topological polar surface area (TPSA) is 38.9 Å². The van der Waals surface area contributed by atoms with E-state index in [0.717, 1.165) is 22.2 Å². The zero-order valence-electron chi connectivity index (χ0n) is 9.66. The summed E-state index contributed by atoms with van der Waals surface area (Å²) in [4.78, 5) is 3.98. The molecule has 1 unspecified atom stereocenters. The van der Waals surface area contributed by atoms with Crippen molar-refractivity contribution in [3.63, 3.8) is 0 Å². The number of hydrogen-bond donors (Lipinski definition) is 1. The highest BCUT2D eigenvalue weighted by molar-refractivity contribution is 9.10. The van der Waals surface area contributed by atoms with E-state index in [4.69, 9.17) is 5.73 Å². The average Bonchev–Trinajstić information content (AvgIpc) is 2.37. The van der Waals surface area contributed by atoms with Crippen LogP contribution in [0.2, 0.25) is 0 Å². The van der Waals surface area contributed by atoms with E-state index >= 15 is 0 Å². The highest BCUT2D eigenvalue weighted by Gasteiger charge is 2.30. The van der Waals surface area contributed by atoms with Crippen LogP contribution in [0, 0.1) is 0 Å². The van der Waals surface area contributed by atoms with Gasteiger partial charge in [0.25, 0.3) is 0 Å². The molecule has 0 aliphatic rings. The molecule has 0 aliphatic carbocycles. The van der Waals surface area contributed by atoms with Crippen molar-refractivity contribution in [2.75, 3.05) is 0 Å². The van der Waals surface area contributed by atoms with Crippen molar-refractivity contribution >= 4 is 15.9 Å². The number of alkyl halides is 3. The normalized spacial score (nSPS) is 13.3. The number of halogens is 4. The Morgan fingerprint density at radius 2 is 1.68 bits per heavy atom. The van der Waals surface area contributed by atoms with E-state index in [1.165, 1.54) is 12.1 Å².